The van der Waals surface area contributed by atoms with Gasteiger partial charge in [-0.25, -0.2) is 9.97 Å². The third-order valence-corrected chi connectivity index (χ3v) is 5.80. The normalized spacial score (nSPS) is 26.0. The van der Waals surface area contributed by atoms with Crippen molar-refractivity contribution in [2.24, 2.45) is 5.92 Å². The molecular formula is C15H22ClIN2O2. The summed E-state index contributed by atoms with van der Waals surface area (Å²) in [6.07, 6.45) is 4.16. The number of hydrogen-bond donors (Lipinski definition) is 0. The second kappa shape index (κ2) is 7.53. The predicted octanol–water partition coefficient (Wildman–Crippen LogP) is 4.32. The smallest absolute Gasteiger partial charge is 0.162 e. The molecule has 0 radical (unpaired) electrons. The van der Waals surface area contributed by atoms with Gasteiger partial charge < -0.3 is 9.47 Å². The molecule has 1 heterocycles. The molecule has 1 aliphatic carbocycles. The van der Waals surface area contributed by atoms with E-state index in [-0.39, 0.29) is 0 Å². The Balaban J connectivity index is 2.40. The first-order valence-corrected chi connectivity index (χ1v) is 8.83. The van der Waals surface area contributed by atoms with Crippen LogP contribution in [0, 0.1) is 9.49 Å². The molecule has 21 heavy (non-hydrogen) atoms. The van der Waals surface area contributed by atoms with Crippen LogP contribution >= 0.6 is 34.2 Å². The molecule has 6 heteroatoms. The molecule has 0 saturated heterocycles. The zero-order valence-corrected chi connectivity index (χ0v) is 15.7. The Morgan fingerprint density at radius 1 is 1.33 bits per heavy atom. The highest BCUT2D eigenvalue weighted by Crippen LogP contribution is 2.41. The molecule has 0 spiro atoms. The van der Waals surface area contributed by atoms with Crippen molar-refractivity contribution in [2.75, 3.05) is 13.7 Å². The maximum Gasteiger partial charge on any atom is 0.162 e. The number of rotatable bonds is 5. The van der Waals surface area contributed by atoms with Crippen molar-refractivity contribution in [1.29, 1.82) is 0 Å². The molecule has 0 aliphatic heterocycles. The maximum absolute atomic E-state index is 6.30. The van der Waals surface area contributed by atoms with Gasteiger partial charge >= 0.3 is 0 Å². The van der Waals surface area contributed by atoms with Gasteiger partial charge in [0.25, 0.3) is 0 Å². The van der Waals surface area contributed by atoms with Gasteiger partial charge in [-0.2, -0.15) is 0 Å². The quantitative estimate of drug-likeness (QED) is 0.521. The lowest BCUT2D eigenvalue weighted by atomic mass is 9.79. The highest BCUT2D eigenvalue weighted by atomic mass is 127. The Kier molecular flexibility index (Phi) is 6.23. The Morgan fingerprint density at radius 3 is 2.57 bits per heavy atom. The lowest BCUT2D eigenvalue weighted by Gasteiger charge is -2.38. The van der Waals surface area contributed by atoms with Crippen LogP contribution in [0.25, 0.3) is 0 Å². The maximum atomic E-state index is 6.30. The van der Waals surface area contributed by atoms with Gasteiger partial charge in [-0.1, -0.05) is 18.5 Å². The van der Waals surface area contributed by atoms with Crippen LogP contribution in [-0.2, 0) is 21.7 Å². The molecule has 1 saturated carbocycles. The van der Waals surface area contributed by atoms with Gasteiger partial charge in [0.15, 0.2) is 5.82 Å². The zero-order chi connectivity index (χ0) is 15.5. The van der Waals surface area contributed by atoms with E-state index in [9.17, 15) is 0 Å². The number of methoxy groups -OCH3 is 1. The van der Waals surface area contributed by atoms with E-state index < -0.39 is 5.60 Å². The minimum absolute atomic E-state index is 0.391. The van der Waals surface area contributed by atoms with Crippen LogP contribution in [0.2, 0.25) is 5.15 Å². The first kappa shape index (κ1) is 17.4. The van der Waals surface area contributed by atoms with Crippen LogP contribution in [0.15, 0.2) is 0 Å². The minimum Gasteiger partial charge on any atom is -0.378 e. The van der Waals surface area contributed by atoms with E-state index in [1.54, 1.807) is 7.11 Å². The SMILES string of the molecule is CCOC1(c2nc(Cl)c(I)c(COC)n2)CCC(C)CC1. The van der Waals surface area contributed by atoms with E-state index >= 15 is 0 Å². The van der Waals surface area contributed by atoms with Crippen LogP contribution in [0.5, 0.6) is 0 Å². The van der Waals surface area contributed by atoms with Gasteiger partial charge in [0, 0.05) is 13.7 Å². The average Bonchev–Trinajstić information content (AvgIpc) is 2.47. The summed E-state index contributed by atoms with van der Waals surface area (Å²) in [5.74, 6) is 1.45. The molecule has 1 aromatic heterocycles. The third-order valence-electron chi connectivity index (χ3n) is 4.07. The fraction of sp³-hybridized carbons (Fsp3) is 0.733. The van der Waals surface area contributed by atoms with Crippen LogP contribution in [0.1, 0.15) is 51.0 Å². The Morgan fingerprint density at radius 2 is 2.00 bits per heavy atom. The van der Waals surface area contributed by atoms with E-state index in [0.29, 0.717) is 24.2 Å². The number of halogens is 2. The standard InChI is InChI=1S/C15H22ClIN2O2/c1-4-21-15(7-5-10(2)6-8-15)14-18-11(9-20-3)12(17)13(16)19-14/h10H,4-9H2,1-3H3. The van der Waals surface area contributed by atoms with Crippen molar-refractivity contribution < 1.29 is 9.47 Å². The van der Waals surface area contributed by atoms with Crippen molar-refractivity contribution in [3.8, 4) is 0 Å². The zero-order valence-electron chi connectivity index (χ0n) is 12.8. The van der Waals surface area contributed by atoms with E-state index in [0.717, 1.165) is 40.9 Å². The van der Waals surface area contributed by atoms with Gasteiger partial charge in [-0.3, -0.25) is 0 Å². The first-order chi connectivity index (χ1) is 10.0. The number of nitrogens with zero attached hydrogens (tertiary/aromatic N) is 2. The van der Waals surface area contributed by atoms with Crippen molar-refractivity contribution in [3.63, 3.8) is 0 Å². The van der Waals surface area contributed by atoms with E-state index in [1.807, 2.05) is 6.92 Å². The Labute approximate surface area is 145 Å². The summed E-state index contributed by atoms with van der Waals surface area (Å²) in [5, 5.41) is 0.491. The van der Waals surface area contributed by atoms with Crippen molar-refractivity contribution in [1.82, 2.24) is 9.97 Å². The molecule has 0 atom stereocenters. The van der Waals surface area contributed by atoms with Crippen LogP contribution in [0.3, 0.4) is 0 Å². The Hall–Kier alpha value is 0.0200. The minimum atomic E-state index is -0.391. The van der Waals surface area contributed by atoms with Gasteiger partial charge in [-0.15, -0.1) is 0 Å². The fourth-order valence-electron chi connectivity index (χ4n) is 2.84. The van der Waals surface area contributed by atoms with Crippen molar-refractivity contribution >= 4 is 34.2 Å². The van der Waals surface area contributed by atoms with Gasteiger partial charge in [0.2, 0.25) is 0 Å². The molecule has 4 nitrogen and oxygen atoms in total. The molecule has 1 fully saturated rings. The van der Waals surface area contributed by atoms with Gasteiger partial charge in [-0.05, 0) is 61.1 Å². The third kappa shape index (κ3) is 3.86. The second-order valence-electron chi connectivity index (χ2n) is 5.64. The summed E-state index contributed by atoms with van der Waals surface area (Å²) in [6.45, 7) is 5.39. The Bertz CT molecular complexity index is 491. The van der Waals surface area contributed by atoms with Crippen LogP contribution in [-0.4, -0.2) is 23.7 Å². The topological polar surface area (TPSA) is 44.2 Å². The van der Waals surface area contributed by atoms with Crippen LogP contribution in [0.4, 0.5) is 0 Å². The highest BCUT2D eigenvalue weighted by Gasteiger charge is 2.40. The molecule has 1 aliphatic rings. The average molecular weight is 425 g/mol. The van der Waals surface area contributed by atoms with E-state index in [2.05, 4.69) is 34.5 Å². The van der Waals surface area contributed by atoms with Crippen molar-refractivity contribution in [3.05, 3.63) is 20.2 Å². The second-order valence-corrected chi connectivity index (χ2v) is 7.08. The summed E-state index contributed by atoms with van der Waals surface area (Å²) < 4.78 is 12.2. The van der Waals surface area contributed by atoms with Crippen LogP contribution < -0.4 is 0 Å². The van der Waals surface area contributed by atoms with E-state index in [1.165, 1.54) is 0 Å². The first-order valence-electron chi connectivity index (χ1n) is 7.37. The summed E-state index contributed by atoms with van der Waals surface area (Å²) >= 11 is 8.46. The summed E-state index contributed by atoms with van der Waals surface area (Å²) in [5.41, 5.74) is 0.448. The predicted molar refractivity (Wildman–Crippen MR) is 91.4 cm³/mol. The largest absolute Gasteiger partial charge is 0.378 e. The summed E-state index contributed by atoms with van der Waals surface area (Å²) in [7, 11) is 1.66. The molecule has 1 aromatic rings. The molecule has 0 bridgehead atoms. The van der Waals surface area contributed by atoms with Crippen molar-refractivity contribution in [2.45, 2.75) is 51.7 Å². The molecular weight excluding hydrogens is 403 g/mol. The molecule has 0 unspecified atom stereocenters. The summed E-state index contributed by atoms with van der Waals surface area (Å²) in [6, 6.07) is 0. The van der Waals surface area contributed by atoms with Gasteiger partial charge in [0.1, 0.15) is 10.8 Å². The number of hydrogen-bond acceptors (Lipinski definition) is 4. The summed E-state index contributed by atoms with van der Waals surface area (Å²) in [4.78, 5) is 9.23. The number of ether oxygens (including phenoxy) is 2. The number of aromatic nitrogens is 2. The lowest BCUT2D eigenvalue weighted by Crippen LogP contribution is -2.36. The highest BCUT2D eigenvalue weighted by molar-refractivity contribution is 14.1. The fourth-order valence-corrected chi connectivity index (χ4v) is 3.42. The molecule has 0 amide bonds. The monoisotopic (exact) mass is 424 g/mol. The molecule has 0 aromatic carbocycles. The molecule has 118 valence electrons. The van der Waals surface area contributed by atoms with E-state index in [4.69, 9.17) is 26.1 Å². The molecule has 0 N–H and O–H groups in total. The van der Waals surface area contributed by atoms with Gasteiger partial charge in [0.05, 0.1) is 15.9 Å². The lowest BCUT2D eigenvalue weighted by molar-refractivity contribution is -0.0839. The molecule has 2 rings (SSSR count).